The van der Waals surface area contributed by atoms with Crippen LogP contribution in [0, 0.1) is 5.82 Å². The van der Waals surface area contributed by atoms with Gasteiger partial charge in [0, 0.05) is 31.9 Å². The van der Waals surface area contributed by atoms with Crippen LogP contribution >= 0.6 is 0 Å². The van der Waals surface area contributed by atoms with Crippen molar-refractivity contribution in [2.75, 3.05) is 38.6 Å². The average molecular weight is 379 g/mol. The molecular weight excluding hydrogens is 353 g/mol. The summed E-state index contributed by atoms with van der Waals surface area (Å²) in [5, 5.41) is 8.79. The summed E-state index contributed by atoms with van der Waals surface area (Å²) in [6.07, 6.45) is 1.23. The molecule has 3 N–H and O–H groups in total. The van der Waals surface area contributed by atoms with Gasteiger partial charge in [-0.1, -0.05) is 6.07 Å². The van der Waals surface area contributed by atoms with Crippen LogP contribution in [0.4, 0.5) is 14.9 Å². The molecule has 0 atom stereocenters. The molecule has 1 saturated heterocycles. The van der Waals surface area contributed by atoms with E-state index in [1.165, 1.54) is 18.2 Å². The average Bonchev–Trinajstić information content (AvgIpc) is 2.65. The quantitative estimate of drug-likeness (QED) is 0.533. The van der Waals surface area contributed by atoms with Gasteiger partial charge in [-0.05, 0) is 38.0 Å². The van der Waals surface area contributed by atoms with Crippen LogP contribution in [0.5, 0.6) is 0 Å². The maximum Gasteiger partial charge on any atom is 0.409 e. The zero-order valence-corrected chi connectivity index (χ0v) is 15.6. The maximum absolute atomic E-state index is 13.1. The highest BCUT2D eigenvalue weighted by molar-refractivity contribution is 5.95. The summed E-state index contributed by atoms with van der Waals surface area (Å²) < 4.78 is 18.1. The van der Waals surface area contributed by atoms with Crippen molar-refractivity contribution in [3.05, 3.63) is 30.1 Å². The van der Waals surface area contributed by atoms with Crippen LogP contribution in [0.3, 0.4) is 0 Å². The van der Waals surface area contributed by atoms with Crippen molar-refractivity contribution in [3.63, 3.8) is 0 Å². The zero-order chi connectivity index (χ0) is 19.6. The third-order valence-electron chi connectivity index (χ3n) is 4.11. The Morgan fingerprint density at radius 1 is 1.33 bits per heavy atom. The number of guanidine groups is 1. The fraction of sp³-hybridized carbons (Fsp3) is 0.500. The van der Waals surface area contributed by atoms with Crippen molar-refractivity contribution < 1.29 is 18.7 Å². The van der Waals surface area contributed by atoms with E-state index in [-0.39, 0.29) is 24.6 Å². The normalized spacial score (nSPS) is 15.2. The number of aliphatic imine (C=N–C) groups is 1. The second-order valence-corrected chi connectivity index (χ2v) is 6.09. The van der Waals surface area contributed by atoms with Crippen LogP contribution in [0.15, 0.2) is 29.3 Å². The maximum atomic E-state index is 13.1. The third kappa shape index (κ3) is 6.76. The van der Waals surface area contributed by atoms with Crippen LogP contribution in [-0.4, -0.2) is 62.2 Å². The number of rotatable bonds is 5. The lowest BCUT2D eigenvalue weighted by Crippen LogP contribution is -2.50. The van der Waals surface area contributed by atoms with Crippen LogP contribution in [-0.2, 0) is 9.53 Å². The van der Waals surface area contributed by atoms with Crippen LogP contribution in [0.25, 0.3) is 0 Å². The number of carbonyl (C=O) groups is 2. The van der Waals surface area contributed by atoms with Gasteiger partial charge in [0.2, 0.25) is 5.91 Å². The Morgan fingerprint density at radius 2 is 2.07 bits per heavy atom. The van der Waals surface area contributed by atoms with E-state index in [1.807, 2.05) is 0 Å². The van der Waals surface area contributed by atoms with Gasteiger partial charge in [-0.15, -0.1) is 0 Å². The molecule has 0 saturated carbocycles. The van der Waals surface area contributed by atoms with E-state index in [9.17, 15) is 14.0 Å². The minimum absolute atomic E-state index is 0.00213. The SMILES string of the molecule is CCOC(=O)N1CCC(NC(=NC)NCC(=O)Nc2cccc(F)c2)CC1. The number of ether oxygens (including phenoxy) is 1. The minimum Gasteiger partial charge on any atom is -0.450 e. The molecule has 2 amide bonds. The van der Waals surface area contributed by atoms with Crippen molar-refractivity contribution in [3.8, 4) is 0 Å². The smallest absolute Gasteiger partial charge is 0.409 e. The lowest BCUT2D eigenvalue weighted by molar-refractivity contribution is -0.115. The molecule has 9 heteroatoms. The number of nitrogens with zero attached hydrogens (tertiary/aromatic N) is 2. The largest absolute Gasteiger partial charge is 0.450 e. The highest BCUT2D eigenvalue weighted by Crippen LogP contribution is 2.11. The van der Waals surface area contributed by atoms with Crippen molar-refractivity contribution in [1.82, 2.24) is 15.5 Å². The third-order valence-corrected chi connectivity index (χ3v) is 4.11. The van der Waals surface area contributed by atoms with E-state index in [0.717, 1.165) is 12.8 Å². The summed E-state index contributed by atoms with van der Waals surface area (Å²) in [4.78, 5) is 29.5. The van der Waals surface area contributed by atoms with Crippen LogP contribution in [0.1, 0.15) is 19.8 Å². The first-order valence-corrected chi connectivity index (χ1v) is 8.96. The molecule has 0 spiro atoms. The predicted octanol–water partition coefficient (Wildman–Crippen LogP) is 1.55. The molecule has 1 fully saturated rings. The molecule has 1 aliphatic heterocycles. The van der Waals surface area contributed by atoms with E-state index < -0.39 is 5.82 Å². The molecule has 0 aliphatic carbocycles. The van der Waals surface area contributed by atoms with E-state index in [4.69, 9.17) is 4.74 Å². The van der Waals surface area contributed by atoms with Gasteiger partial charge in [0.25, 0.3) is 0 Å². The first-order chi connectivity index (χ1) is 13.0. The monoisotopic (exact) mass is 379 g/mol. The lowest BCUT2D eigenvalue weighted by atomic mass is 10.1. The Morgan fingerprint density at radius 3 is 2.70 bits per heavy atom. The first kappa shape index (κ1) is 20.5. The second-order valence-electron chi connectivity index (χ2n) is 6.09. The molecule has 148 valence electrons. The topological polar surface area (TPSA) is 95.1 Å². The molecule has 1 aromatic rings. The molecule has 27 heavy (non-hydrogen) atoms. The lowest BCUT2D eigenvalue weighted by Gasteiger charge is -2.32. The number of halogens is 1. The molecular formula is C18H26FN5O3. The number of piperidine rings is 1. The zero-order valence-electron chi connectivity index (χ0n) is 15.6. The fourth-order valence-electron chi connectivity index (χ4n) is 2.74. The summed E-state index contributed by atoms with van der Waals surface area (Å²) in [5.41, 5.74) is 0.399. The van der Waals surface area contributed by atoms with Gasteiger partial charge in [0.15, 0.2) is 5.96 Å². The van der Waals surface area contributed by atoms with E-state index >= 15 is 0 Å². The molecule has 1 heterocycles. The number of hydrogen-bond donors (Lipinski definition) is 3. The Balaban J connectivity index is 1.73. The first-order valence-electron chi connectivity index (χ1n) is 8.96. The summed E-state index contributed by atoms with van der Waals surface area (Å²) in [6.45, 7) is 3.36. The number of anilines is 1. The van der Waals surface area contributed by atoms with Crippen molar-refractivity contribution >= 4 is 23.6 Å². The number of nitrogens with one attached hydrogen (secondary N) is 3. The molecule has 1 aliphatic rings. The standard InChI is InChI=1S/C18H26FN5O3/c1-3-27-18(26)24-9-7-14(8-10-24)23-17(20-2)21-12-16(25)22-15-6-4-5-13(19)11-15/h4-6,11,14H,3,7-10,12H2,1-2H3,(H,22,25)(H2,20,21,23). The molecule has 2 rings (SSSR count). The Kier molecular flexibility index (Phi) is 7.84. The number of likely N-dealkylation sites (tertiary alicyclic amines) is 1. The van der Waals surface area contributed by atoms with Crippen molar-refractivity contribution in [2.45, 2.75) is 25.8 Å². The highest BCUT2D eigenvalue weighted by Gasteiger charge is 2.24. The Labute approximate surface area is 158 Å². The van der Waals surface area contributed by atoms with E-state index in [1.54, 1.807) is 24.9 Å². The number of benzene rings is 1. The van der Waals surface area contributed by atoms with Crippen LogP contribution < -0.4 is 16.0 Å². The minimum atomic E-state index is -0.410. The van der Waals surface area contributed by atoms with Gasteiger partial charge in [-0.3, -0.25) is 9.79 Å². The van der Waals surface area contributed by atoms with E-state index in [0.29, 0.717) is 31.3 Å². The van der Waals surface area contributed by atoms with Gasteiger partial charge >= 0.3 is 6.09 Å². The summed E-state index contributed by atoms with van der Waals surface area (Å²) in [5.74, 6) is -0.216. The number of amides is 2. The van der Waals surface area contributed by atoms with Gasteiger partial charge in [-0.25, -0.2) is 9.18 Å². The Bertz CT molecular complexity index is 675. The molecule has 0 bridgehead atoms. The predicted molar refractivity (Wildman–Crippen MR) is 101 cm³/mol. The van der Waals surface area contributed by atoms with Crippen molar-refractivity contribution in [1.29, 1.82) is 0 Å². The molecule has 0 radical (unpaired) electrons. The molecule has 0 unspecified atom stereocenters. The van der Waals surface area contributed by atoms with Crippen molar-refractivity contribution in [2.24, 2.45) is 4.99 Å². The van der Waals surface area contributed by atoms with Gasteiger partial charge in [-0.2, -0.15) is 0 Å². The molecule has 1 aromatic carbocycles. The molecule has 8 nitrogen and oxygen atoms in total. The highest BCUT2D eigenvalue weighted by atomic mass is 19.1. The summed E-state index contributed by atoms with van der Waals surface area (Å²) >= 11 is 0. The molecule has 0 aromatic heterocycles. The Hall–Kier alpha value is -2.84. The van der Waals surface area contributed by atoms with Gasteiger partial charge in [0.05, 0.1) is 13.2 Å². The van der Waals surface area contributed by atoms with Gasteiger partial charge < -0.3 is 25.6 Å². The van der Waals surface area contributed by atoms with Crippen LogP contribution in [0.2, 0.25) is 0 Å². The number of carbonyl (C=O) groups excluding carboxylic acids is 2. The summed E-state index contributed by atoms with van der Waals surface area (Å²) in [6, 6.07) is 5.86. The number of hydrogen-bond acceptors (Lipinski definition) is 4. The second kappa shape index (κ2) is 10.3. The van der Waals surface area contributed by atoms with E-state index in [2.05, 4.69) is 20.9 Å². The fourth-order valence-corrected chi connectivity index (χ4v) is 2.74. The van der Waals surface area contributed by atoms with Gasteiger partial charge in [0.1, 0.15) is 5.82 Å². The summed E-state index contributed by atoms with van der Waals surface area (Å²) in [7, 11) is 1.62.